The second-order valence-corrected chi connectivity index (χ2v) is 2.68. The van der Waals surface area contributed by atoms with Gasteiger partial charge in [0.1, 0.15) is 17.9 Å². The lowest BCUT2D eigenvalue weighted by Crippen LogP contribution is -2.15. The zero-order chi connectivity index (χ0) is 11.1. The van der Waals surface area contributed by atoms with Crippen LogP contribution in [0.15, 0.2) is 18.9 Å². The van der Waals surface area contributed by atoms with E-state index in [2.05, 4.69) is 19.9 Å². The first-order valence-corrected chi connectivity index (χ1v) is 4.26. The van der Waals surface area contributed by atoms with E-state index in [0.29, 0.717) is 5.65 Å². The van der Waals surface area contributed by atoms with E-state index in [1.165, 1.54) is 6.33 Å². The SMILES string of the molecule is OCC(O)CO.c1ncc2[nH]cnc2n1. The topological polar surface area (TPSA) is 115 Å². The van der Waals surface area contributed by atoms with Crippen LogP contribution in [-0.2, 0) is 0 Å². The number of imidazole rings is 1. The molecular formula is C8H12N4O3. The van der Waals surface area contributed by atoms with Gasteiger partial charge in [-0.05, 0) is 0 Å². The second kappa shape index (κ2) is 6.02. The highest BCUT2D eigenvalue weighted by Crippen LogP contribution is 1.99. The Bertz CT molecular complexity index is 358. The molecule has 0 aliphatic heterocycles. The normalized spacial score (nSPS) is 10.1. The largest absolute Gasteiger partial charge is 0.394 e. The van der Waals surface area contributed by atoms with Crippen molar-refractivity contribution in [2.24, 2.45) is 0 Å². The van der Waals surface area contributed by atoms with E-state index in [0.717, 1.165) is 5.52 Å². The lowest BCUT2D eigenvalue weighted by molar-refractivity contribution is 0.0450. The fraction of sp³-hybridized carbons (Fsp3) is 0.375. The number of aromatic nitrogens is 4. The van der Waals surface area contributed by atoms with Gasteiger partial charge in [0.15, 0.2) is 5.65 Å². The third-order valence-corrected chi connectivity index (χ3v) is 1.52. The molecule has 7 nitrogen and oxygen atoms in total. The number of aromatic amines is 1. The summed E-state index contributed by atoms with van der Waals surface area (Å²) in [4.78, 5) is 14.5. The minimum atomic E-state index is -0.954. The molecule has 0 unspecified atom stereocenters. The smallest absolute Gasteiger partial charge is 0.180 e. The van der Waals surface area contributed by atoms with E-state index in [1.807, 2.05) is 0 Å². The summed E-state index contributed by atoms with van der Waals surface area (Å²) in [5, 5.41) is 24.0. The van der Waals surface area contributed by atoms with Crippen LogP contribution in [0.1, 0.15) is 0 Å². The maximum atomic E-state index is 8.17. The van der Waals surface area contributed by atoms with Crippen LogP contribution < -0.4 is 0 Å². The van der Waals surface area contributed by atoms with Gasteiger partial charge in [0.2, 0.25) is 0 Å². The van der Waals surface area contributed by atoms with Gasteiger partial charge in [-0.2, -0.15) is 0 Å². The molecule has 2 heterocycles. The van der Waals surface area contributed by atoms with E-state index in [1.54, 1.807) is 12.5 Å². The van der Waals surface area contributed by atoms with E-state index in [-0.39, 0.29) is 13.2 Å². The van der Waals surface area contributed by atoms with Crippen molar-refractivity contribution >= 4 is 11.2 Å². The Morgan fingerprint density at radius 3 is 2.53 bits per heavy atom. The molecule has 0 spiro atoms. The molecule has 0 bridgehead atoms. The lowest BCUT2D eigenvalue weighted by Gasteiger charge is -1.96. The number of hydrogen-bond acceptors (Lipinski definition) is 6. The molecule has 0 aliphatic rings. The Hall–Kier alpha value is -1.57. The molecule has 0 aromatic carbocycles. The van der Waals surface area contributed by atoms with Gasteiger partial charge in [0, 0.05) is 0 Å². The molecule has 4 N–H and O–H groups in total. The highest BCUT2D eigenvalue weighted by Gasteiger charge is 1.93. The van der Waals surface area contributed by atoms with Crippen molar-refractivity contribution < 1.29 is 15.3 Å². The Morgan fingerprint density at radius 1 is 1.27 bits per heavy atom. The third-order valence-electron chi connectivity index (χ3n) is 1.52. The number of nitrogens with one attached hydrogen (secondary N) is 1. The summed E-state index contributed by atoms with van der Waals surface area (Å²) in [7, 11) is 0. The fourth-order valence-electron chi connectivity index (χ4n) is 0.749. The van der Waals surface area contributed by atoms with Gasteiger partial charge in [0.05, 0.1) is 25.7 Å². The van der Waals surface area contributed by atoms with E-state index in [9.17, 15) is 0 Å². The highest BCUT2D eigenvalue weighted by molar-refractivity contribution is 5.67. The molecular weight excluding hydrogens is 200 g/mol. The minimum absolute atomic E-state index is 0.365. The van der Waals surface area contributed by atoms with Gasteiger partial charge in [-0.3, -0.25) is 0 Å². The molecule has 2 aromatic rings. The predicted molar refractivity (Wildman–Crippen MR) is 51.9 cm³/mol. The van der Waals surface area contributed by atoms with Crippen molar-refractivity contribution in [2.45, 2.75) is 6.10 Å². The van der Waals surface area contributed by atoms with Crippen LogP contribution in [0.25, 0.3) is 11.2 Å². The van der Waals surface area contributed by atoms with Gasteiger partial charge in [0.25, 0.3) is 0 Å². The monoisotopic (exact) mass is 212 g/mol. The lowest BCUT2D eigenvalue weighted by atomic mass is 10.4. The highest BCUT2D eigenvalue weighted by atomic mass is 16.3. The molecule has 82 valence electrons. The standard InChI is InChI=1S/C5H4N4.C3H8O3/c1-4-5(8-2-6-1)9-3-7-4;4-1-3(6)2-5/h1-3H,(H,6,7,8,9);3-6H,1-2H2. The zero-order valence-electron chi connectivity index (χ0n) is 7.91. The Labute approximate surface area is 85.5 Å². The van der Waals surface area contributed by atoms with Crippen LogP contribution >= 0.6 is 0 Å². The summed E-state index contributed by atoms with van der Waals surface area (Å²) in [6.07, 6.45) is 3.81. The molecule has 0 saturated heterocycles. The molecule has 2 rings (SSSR count). The van der Waals surface area contributed by atoms with Gasteiger partial charge in [-0.25, -0.2) is 15.0 Å². The number of nitrogens with zero attached hydrogens (tertiary/aromatic N) is 3. The molecule has 2 aromatic heterocycles. The summed E-state index contributed by atoms with van der Waals surface area (Å²) in [5.41, 5.74) is 1.59. The number of aliphatic hydroxyl groups excluding tert-OH is 3. The predicted octanol–water partition coefficient (Wildman–Crippen LogP) is -1.32. The number of H-pyrrole nitrogens is 1. The van der Waals surface area contributed by atoms with E-state index >= 15 is 0 Å². The van der Waals surface area contributed by atoms with Crippen molar-refractivity contribution in [3.8, 4) is 0 Å². The molecule has 7 heteroatoms. The second-order valence-electron chi connectivity index (χ2n) is 2.68. The Morgan fingerprint density at radius 2 is 2.00 bits per heavy atom. The van der Waals surface area contributed by atoms with Crippen LogP contribution in [0, 0.1) is 0 Å². The third kappa shape index (κ3) is 3.58. The first-order chi connectivity index (χ1) is 7.27. The van der Waals surface area contributed by atoms with Crippen molar-refractivity contribution in [1.29, 1.82) is 0 Å². The van der Waals surface area contributed by atoms with Gasteiger partial charge >= 0.3 is 0 Å². The van der Waals surface area contributed by atoms with Crippen LogP contribution in [-0.4, -0.2) is 54.6 Å². The maximum absolute atomic E-state index is 8.17. The fourth-order valence-corrected chi connectivity index (χ4v) is 0.749. The summed E-state index contributed by atoms with van der Waals surface area (Å²) in [5.74, 6) is 0. The van der Waals surface area contributed by atoms with Crippen LogP contribution in [0.5, 0.6) is 0 Å². The number of fused-ring (bicyclic) bond motifs is 1. The number of aliphatic hydroxyl groups is 3. The molecule has 0 radical (unpaired) electrons. The van der Waals surface area contributed by atoms with Crippen molar-refractivity contribution in [3.63, 3.8) is 0 Å². The van der Waals surface area contributed by atoms with E-state index in [4.69, 9.17) is 15.3 Å². The van der Waals surface area contributed by atoms with Crippen LogP contribution in [0.4, 0.5) is 0 Å². The quantitative estimate of drug-likeness (QED) is 0.491. The first kappa shape index (κ1) is 11.5. The van der Waals surface area contributed by atoms with Gasteiger partial charge in [-0.15, -0.1) is 0 Å². The summed E-state index contributed by atoms with van der Waals surface area (Å²) >= 11 is 0. The van der Waals surface area contributed by atoms with E-state index < -0.39 is 6.10 Å². The average Bonchev–Trinajstić information content (AvgIpc) is 2.76. The van der Waals surface area contributed by atoms with Gasteiger partial charge < -0.3 is 20.3 Å². The molecule has 0 saturated carbocycles. The Kier molecular flexibility index (Phi) is 4.61. The maximum Gasteiger partial charge on any atom is 0.180 e. The zero-order valence-corrected chi connectivity index (χ0v) is 7.91. The molecule has 0 fully saturated rings. The molecule has 0 aliphatic carbocycles. The minimum Gasteiger partial charge on any atom is -0.394 e. The molecule has 0 atom stereocenters. The molecule has 0 amide bonds. The summed E-state index contributed by atoms with van der Waals surface area (Å²) in [6, 6.07) is 0. The summed E-state index contributed by atoms with van der Waals surface area (Å²) in [6.45, 7) is -0.729. The van der Waals surface area contributed by atoms with Crippen molar-refractivity contribution in [3.05, 3.63) is 18.9 Å². The average molecular weight is 212 g/mol. The van der Waals surface area contributed by atoms with Crippen LogP contribution in [0.2, 0.25) is 0 Å². The number of rotatable bonds is 2. The Balaban J connectivity index is 0.000000167. The first-order valence-electron chi connectivity index (χ1n) is 4.26. The number of hydrogen-bond donors (Lipinski definition) is 4. The summed E-state index contributed by atoms with van der Waals surface area (Å²) < 4.78 is 0. The molecule has 15 heavy (non-hydrogen) atoms. The van der Waals surface area contributed by atoms with Crippen molar-refractivity contribution in [2.75, 3.05) is 13.2 Å². The van der Waals surface area contributed by atoms with Crippen molar-refractivity contribution in [1.82, 2.24) is 19.9 Å². The van der Waals surface area contributed by atoms with Crippen LogP contribution in [0.3, 0.4) is 0 Å². The van der Waals surface area contributed by atoms with Gasteiger partial charge in [-0.1, -0.05) is 0 Å².